The first kappa shape index (κ1) is 16.6. The van der Waals surface area contributed by atoms with E-state index in [4.69, 9.17) is 0 Å². The Hall–Kier alpha value is -1.72. The van der Waals surface area contributed by atoms with Crippen LogP contribution in [-0.2, 0) is 9.59 Å². The van der Waals surface area contributed by atoms with Crippen LogP contribution < -0.4 is 10.9 Å². The van der Waals surface area contributed by atoms with E-state index in [2.05, 4.69) is 21.1 Å². The summed E-state index contributed by atoms with van der Waals surface area (Å²) < 4.78 is 0. The van der Waals surface area contributed by atoms with Gasteiger partial charge >= 0.3 is 0 Å². The molecule has 2 saturated carbocycles. The number of nitrogens with one attached hydrogen (secondary N) is 2. The van der Waals surface area contributed by atoms with Gasteiger partial charge in [0.05, 0.1) is 0 Å². The Bertz CT molecular complexity index is 399. The first-order valence-electron chi connectivity index (χ1n) is 8.42. The van der Waals surface area contributed by atoms with Gasteiger partial charge in [-0.25, -0.2) is 10.9 Å². The van der Waals surface area contributed by atoms with Gasteiger partial charge in [0.25, 0.3) is 0 Å². The van der Waals surface area contributed by atoms with E-state index < -0.39 is 0 Å². The fourth-order valence-electron chi connectivity index (χ4n) is 2.76. The summed E-state index contributed by atoms with van der Waals surface area (Å²) >= 11 is 0. The van der Waals surface area contributed by atoms with Gasteiger partial charge < -0.3 is 0 Å². The number of hydrazone groups is 2. The third-order valence-electron chi connectivity index (χ3n) is 4.10. The van der Waals surface area contributed by atoms with Crippen LogP contribution in [0.25, 0.3) is 0 Å². The Labute approximate surface area is 131 Å². The quantitative estimate of drug-likeness (QED) is 0.560. The van der Waals surface area contributed by atoms with Crippen molar-refractivity contribution in [2.45, 2.75) is 77.0 Å². The molecule has 2 rings (SSSR count). The minimum atomic E-state index is -0.0639. The predicted molar refractivity (Wildman–Crippen MR) is 86.6 cm³/mol. The molecule has 0 bridgehead atoms. The molecule has 2 N–H and O–H groups in total. The summed E-state index contributed by atoms with van der Waals surface area (Å²) in [5.41, 5.74) is 7.40. The second kappa shape index (κ2) is 9.33. The average molecular weight is 306 g/mol. The number of carbonyl (C=O) groups is 2. The first-order valence-corrected chi connectivity index (χ1v) is 8.42. The highest BCUT2D eigenvalue weighted by molar-refractivity contribution is 5.88. The Morgan fingerprint density at radius 2 is 1.09 bits per heavy atom. The molecule has 2 aliphatic rings. The topological polar surface area (TPSA) is 82.9 Å². The van der Waals surface area contributed by atoms with Crippen LogP contribution in [0.5, 0.6) is 0 Å². The molecule has 22 heavy (non-hydrogen) atoms. The van der Waals surface area contributed by atoms with Crippen LogP contribution in [0.1, 0.15) is 77.0 Å². The van der Waals surface area contributed by atoms with Crippen LogP contribution in [0.4, 0.5) is 0 Å². The highest BCUT2D eigenvalue weighted by Crippen LogP contribution is 2.14. The number of unbranched alkanes of at least 4 members (excludes halogenated alkanes) is 1. The fraction of sp³-hybridized carbons (Fsp3) is 0.750. The molecule has 0 aromatic carbocycles. The van der Waals surface area contributed by atoms with Crippen LogP contribution in [0.15, 0.2) is 10.2 Å². The third-order valence-corrected chi connectivity index (χ3v) is 4.10. The third kappa shape index (κ3) is 6.37. The Morgan fingerprint density at radius 3 is 1.45 bits per heavy atom. The summed E-state index contributed by atoms with van der Waals surface area (Å²) in [6.07, 6.45) is 10.9. The summed E-state index contributed by atoms with van der Waals surface area (Å²) in [5.74, 6) is -0.128. The number of hydrogen-bond acceptors (Lipinski definition) is 4. The van der Waals surface area contributed by atoms with Gasteiger partial charge in [0.1, 0.15) is 0 Å². The largest absolute Gasteiger partial charge is 0.273 e. The Kier molecular flexibility index (Phi) is 7.06. The lowest BCUT2D eigenvalue weighted by Crippen LogP contribution is -2.20. The molecule has 0 aromatic heterocycles. The molecule has 0 saturated heterocycles. The molecule has 2 fully saturated rings. The molecular formula is C16H26N4O2. The van der Waals surface area contributed by atoms with E-state index in [1.807, 2.05) is 0 Å². The van der Waals surface area contributed by atoms with Gasteiger partial charge in [0, 0.05) is 24.3 Å². The van der Waals surface area contributed by atoms with E-state index in [1.54, 1.807) is 0 Å². The van der Waals surface area contributed by atoms with Gasteiger partial charge in [-0.2, -0.15) is 10.2 Å². The van der Waals surface area contributed by atoms with Gasteiger partial charge in [0.2, 0.25) is 11.8 Å². The zero-order valence-electron chi connectivity index (χ0n) is 13.2. The number of carbonyl (C=O) groups excluding carboxylic acids is 2. The summed E-state index contributed by atoms with van der Waals surface area (Å²) in [6, 6.07) is 0. The summed E-state index contributed by atoms with van der Waals surface area (Å²) in [6.45, 7) is 0. The zero-order chi connectivity index (χ0) is 15.6. The van der Waals surface area contributed by atoms with Crippen molar-refractivity contribution in [2.24, 2.45) is 10.2 Å². The normalized spacial score (nSPS) is 17.5. The van der Waals surface area contributed by atoms with E-state index in [0.29, 0.717) is 25.7 Å². The maximum Gasteiger partial charge on any atom is 0.240 e. The fourth-order valence-corrected chi connectivity index (χ4v) is 2.76. The minimum Gasteiger partial charge on any atom is -0.273 e. The molecule has 0 heterocycles. The highest BCUT2D eigenvalue weighted by atomic mass is 16.2. The lowest BCUT2D eigenvalue weighted by Gasteiger charge is -2.02. The molecule has 0 radical (unpaired) electrons. The Balaban J connectivity index is 1.50. The lowest BCUT2D eigenvalue weighted by molar-refractivity contribution is -0.123. The number of hydrogen-bond donors (Lipinski definition) is 2. The van der Waals surface area contributed by atoms with Crippen LogP contribution in [0, 0.1) is 0 Å². The molecule has 2 aliphatic carbocycles. The average Bonchev–Trinajstić information content (AvgIpc) is 3.20. The molecule has 2 amide bonds. The number of nitrogens with zero attached hydrogens (tertiary/aromatic N) is 2. The highest BCUT2D eigenvalue weighted by Gasteiger charge is 2.10. The standard InChI is InChI=1S/C16H26N4O2/c21-15(19-17-13-7-1-2-8-13)11-5-6-12-16(22)20-18-14-9-3-4-10-14/h1-12H2,(H,19,21)(H,20,22). The van der Waals surface area contributed by atoms with Crippen molar-refractivity contribution >= 4 is 23.2 Å². The van der Waals surface area contributed by atoms with Crippen molar-refractivity contribution < 1.29 is 9.59 Å². The molecule has 6 heteroatoms. The van der Waals surface area contributed by atoms with E-state index >= 15 is 0 Å². The summed E-state index contributed by atoms with van der Waals surface area (Å²) in [5, 5.41) is 8.26. The molecule has 0 aliphatic heterocycles. The minimum absolute atomic E-state index is 0.0639. The summed E-state index contributed by atoms with van der Waals surface area (Å²) in [7, 11) is 0. The Morgan fingerprint density at radius 1 is 0.727 bits per heavy atom. The van der Waals surface area contributed by atoms with Gasteiger partial charge in [-0.3, -0.25) is 9.59 Å². The maximum absolute atomic E-state index is 11.6. The van der Waals surface area contributed by atoms with E-state index in [0.717, 1.165) is 37.1 Å². The number of rotatable bonds is 7. The van der Waals surface area contributed by atoms with E-state index in [-0.39, 0.29) is 11.8 Å². The summed E-state index contributed by atoms with van der Waals surface area (Å²) in [4.78, 5) is 23.2. The van der Waals surface area contributed by atoms with E-state index in [1.165, 1.54) is 25.7 Å². The van der Waals surface area contributed by atoms with Gasteiger partial charge in [-0.15, -0.1) is 0 Å². The van der Waals surface area contributed by atoms with Crippen LogP contribution >= 0.6 is 0 Å². The number of amides is 2. The van der Waals surface area contributed by atoms with Crippen molar-refractivity contribution in [3.8, 4) is 0 Å². The molecule has 122 valence electrons. The lowest BCUT2D eigenvalue weighted by atomic mass is 10.2. The zero-order valence-corrected chi connectivity index (χ0v) is 13.2. The molecule has 0 atom stereocenters. The SMILES string of the molecule is O=C(CCCCC(=O)NN=C1CCCC1)NN=C1CCCC1. The van der Waals surface area contributed by atoms with Crippen LogP contribution in [-0.4, -0.2) is 23.2 Å². The van der Waals surface area contributed by atoms with Crippen LogP contribution in [0.2, 0.25) is 0 Å². The molecular weight excluding hydrogens is 280 g/mol. The second-order valence-electron chi connectivity index (χ2n) is 6.05. The van der Waals surface area contributed by atoms with Gasteiger partial charge in [-0.1, -0.05) is 0 Å². The second-order valence-corrected chi connectivity index (χ2v) is 6.05. The smallest absolute Gasteiger partial charge is 0.240 e. The predicted octanol–water partition coefficient (Wildman–Crippen LogP) is 2.64. The molecule has 6 nitrogen and oxygen atoms in total. The monoisotopic (exact) mass is 306 g/mol. The van der Waals surface area contributed by atoms with Crippen molar-refractivity contribution in [3.63, 3.8) is 0 Å². The van der Waals surface area contributed by atoms with E-state index in [9.17, 15) is 9.59 Å². The van der Waals surface area contributed by atoms with Crippen molar-refractivity contribution in [1.82, 2.24) is 10.9 Å². The molecule has 0 unspecified atom stereocenters. The first-order chi connectivity index (χ1) is 10.7. The molecule has 0 aromatic rings. The van der Waals surface area contributed by atoms with Crippen molar-refractivity contribution in [3.05, 3.63) is 0 Å². The maximum atomic E-state index is 11.6. The van der Waals surface area contributed by atoms with Crippen molar-refractivity contribution in [2.75, 3.05) is 0 Å². The van der Waals surface area contributed by atoms with Crippen molar-refractivity contribution in [1.29, 1.82) is 0 Å². The van der Waals surface area contributed by atoms with Gasteiger partial charge in [0.15, 0.2) is 0 Å². The van der Waals surface area contributed by atoms with Crippen LogP contribution in [0.3, 0.4) is 0 Å². The molecule has 0 spiro atoms. The van der Waals surface area contributed by atoms with Gasteiger partial charge in [-0.05, 0) is 64.2 Å².